The fourth-order valence-corrected chi connectivity index (χ4v) is 7.48. The van der Waals surface area contributed by atoms with Gasteiger partial charge in [-0.3, -0.25) is 28.8 Å². The molecular weight excluding hydrogens is 1020 g/mol. The van der Waals surface area contributed by atoms with Crippen molar-refractivity contribution in [1.82, 2.24) is 31.9 Å². The Morgan fingerprint density at radius 2 is 0.372 bits per heavy atom. The highest BCUT2D eigenvalue weighted by molar-refractivity contribution is 5.96. The summed E-state index contributed by atoms with van der Waals surface area (Å²) in [7, 11) is 0. The van der Waals surface area contributed by atoms with E-state index in [1.165, 1.54) is 20.8 Å². The lowest BCUT2D eigenvalue weighted by atomic mass is 10.0. The van der Waals surface area contributed by atoms with Crippen LogP contribution < -0.4 is 31.9 Å². The summed E-state index contributed by atoms with van der Waals surface area (Å²) in [6.07, 6.45) is -9.25. The second kappa shape index (κ2) is 31.3. The van der Waals surface area contributed by atoms with Crippen LogP contribution in [0.3, 0.4) is 0 Å². The Labute approximate surface area is 459 Å². The van der Waals surface area contributed by atoms with E-state index in [1.807, 2.05) is 0 Å². The third-order valence-electron chi connectivity index (χ3n) is 12.6. The Bertz CT molecular complexity index is 1890. The van der Waals surface area contributed by atoms with Crippen LogP contribution in [0.2, 0.25) is 0 Å². The van der Waals surface area contributed by atoms with E-state index in [2.05, 4.69) is 31.9 Å². The Kier molecular flexibility index (Phi) is 27.9. The highest BCUT2D eigenvalue weighted by Gasteiger charge is 2.42. The molecule has 0 aliphatic carbocycles. The number of nitrogens with one attached hydrogen (secondary N) is 6. The molecule has 78 heavy (non-hydrogen) atoms. The van der Waals surface area contributed by atoms with Crippen LogP contribution in [0.1, 0.15) is 145 Å². The van der Waals surface area contributed by atoms with Crippen molar-refractivity contribution in [3.8, 4) is 0 Å². The van der Waals surface area contributed by atoms with Crippen molar-refractivity contribution in [2.75, 3.05) is 0 Å². The molecule has 12 atom stereocenters. The van der Waals surface area contributed by atoms with Gasteiger partial charge in [-0.2, -0.15) is 0 Å². The van der Waals surface area contributed by atoms with Gasteiger partial charge >= 0.3 is 35.8 Å². The molecule has 0 aromatic carbocycles. The first-order chi connectivity index (χ1) is 35.9. The zero-order chi connectivity index (χ0) is 60.5. The Balaban J connectivity index is 3.87. The van der Waals surface area contributed by atoms with Crippen LogP contribution in [-0.4, -0.2) is 144 Å². The van der Waals surface area contributed by atoms with Crippen LogP contribution in [-0.2, 0) is 86.0 Å². The summed E-state index contributed by atoms with van der Waals surface area (Å²) < 4.78 is 33.5. The molecular formula is C54H90N6O18. The van der Waals surface area contributed by atoms with Crippen LogP contribution >= 0.6 is 0 Å². The molecule has 0 saturated carbocycles. The first-order valence-electron chi connectivity index (χ1n) is 26.9. The molecule has 0 unspecified atom stereocenters. The Hall–Kier alpha value is -6.36. The van der Waals surface area contributed by atoms with Gasteiger partial charge in [0.15, 0.2) is 36.6 Å². The van der Waals surface area contributed by atoms with Crippen LogP contribution in [0.5, 0.6) is 0 Å². The maximum Gasteiger partial charge on any atom is 0.329 e. The molecule has 0 bridgehead atoms. The molecule has 0 aromatic heterocycles. The summed E-state index contributed by atoms with van der Waals surface area (Å²) in [4.78, 5) is 165. The molecule has 0 radical (unpaired) electrons. The van der Waals surface area contributed by atoms with Gasteiger partial charge in [0.1, 0.15) is 36.3 Å². The van der Waals surface area contributed by atoms with E-state index < -0.39 is 197 Å². The predicted octanol–water partition coefficient (Wildman–Crippen LogP) is 2.34. The summed E-state index contributed by atoms with van der Waals surface area (Å²) in [6, 6.07) is -8.38. The van der Waals surface area contributed by atoms with Crippen LogP contribution in [0.4, 0.5) is 0 Å². The van der Waals surface area contributed by atoms with Crippen molar-refractivity contribution < 1.29 is 86.0 Å². The van der Waals surface area contributed by atoms with E-state index in [1.54, 1.807) is 125 Å². The van der Waals surface area contributed by atoms with Crippen molar-refractivity contribution in [1.29, 1.82) is 0 Å². The summed E-state index contributed by atoms with van der Waals surface area (Å²) in [5, 5.41) is 15.1. The zero-order valence-electron chi connectivity index (χ0n) is 49.5. The van der Waals surface area contributed by atoms with Gasteiger partial charge in [0, 0.05) is 0 Å². The second-order valence-corrected chi connectivity index (χ2v) is 22.9. The molecule has 1 rings (SSSR count). The number of carbonyl (C=O) groups is 12. The quantitative estimate of drug-likeness (QED) is 0.143. The minimum absolute atomic E-state index is 0.647. The Morgan fingerprint density at radius 1 is 0.231 bits per heavy atom. The molecule has 24 heteroatoms. The van der Waals surface area contributed by atoms with Crippen molar-refractivity contribution in [3.63, 3.8) is 0 Å². The van der Waals surface area contributed by atoms with Crippen molar-refractivity contribution in [2.45, 2.75) is 218 Å². The van der Waals surface area contributed by atoms with Gasteiger partial charge in [-0.05, 0) is 74.0 Å². The lowest BCUT2D eigenvalue weighted by Crippen LogP contribution is -2.56. The van der Waals surface area contributed by atoms with Gasteiger partial charge in [0.05, 0.1) is 0 Å². The molecule has 1 aliphatic heterocycles. The van der Waals surface area contributed by atoms with E-state index in [9.17, 15) is 57.5 Å². The molecule has 6 amide bonds. The van der Waals surface area contributed by atoms with Crippen LogP contribution in [0.15, 0.2) is 0 Å². The third kappa shape index (κ3) is 20.8. The Morgan fingerprint density at radius 3 is 0.513 bits per heavy atom. The number of amides is 6. The van der Waals surface area contributed by atoms with E-state index in [0.717, 1.165) is 0 Å². The topological polar surface area (TPSA) is 332 Å². The SMILES string of the molecule is CC(C)[C@@H]1NC(=O)[C@H](C(C)C)OC(=O)[C@@H](C(C)C)NC(=O)[C@@H](C)OC(=O)[C@@H](C(C)C)NC(=O)[C@H](C(C)C)OC(=O)[C@@H](C(C)C)NC(=O)[C@@H](C)OC(=O)[C@H](C(C)C)NC(=O)[C@H](C(C)C)OC(=O)[C@H](C(C)C)NC(=O)[C@H](C)OC1=O. The molecule has 0 spiro atoms. The number of carbonyl (C=O) groups excluding carboxylic acids is 12. The predicted molar refractivity (Wildman–Crippen MR) is 281 cm³/mol. The standard InChI is InChI=1S/C54H90N6O18/c1-22(2)34-49(67)73-31(19)43(61)55-38(26(9)10)53(71)77-41(29(15)16)47(65)59-36(24(5)6)51(69)75-33(21)45(63)57-39(27(11)12)54(72)78-42(30(17)18)48(66)60-35(23(3)4)50(68)74-32(20)44(62)56-37(25(7)8)52(70)76-40(28(13)14)46(64)58-34/h22-42H,1-21H3,(H,55,61)(H,56,62)(H,57,63)(H,58,64)(H,59,65)(H,60,66)/t31-,32-,33+,34-,35+,36+,37-,38-,39+,40+,41+,42+/m1/s1. The largest absolute Gasteiger partial charge is 0.451 e. The van der Waals surface area contributed by atoms with Gasteiger partial charge in [-0.15, -0.1) is 0 Å². The third-order valence-corrected chi connectivity index (χ3v) is 12.6. The monoisotopic (exact) mass is 1110 g/mol. The maximum atomic E-state index is 13.9. The van der Waals surface area contributed by atoms with Crippen LogP contribution in [0, 0.1) is 53.3 Å². The lowest BCUT2D eigenvalue weighted by molar-refractivity contribution is -0.167. The van der Waals surface area contributed by atoms with E-state index in [-0.39, 0.29) is 0 Å². The van der Waals surface area contributed by atoms with E-state index >= 15 is 0 Å². The summed E-state index contributed by atoms with van der Waals surface area (Å²) in [5.74, 6) is -17.8. The zero-order valence-corrected chi connectivity index (χ0v) is 49.5. The van der Waals surface area contributed by atoms with Crippen LogP contribution in [0.25, 0.3) is 0 Å². The summed E-state index contributed by atoms with van der Waals surface area (Å²) >= 11 is 0. The number of ether oxygens (including phenoxy) is 6. The van der Waals surface area contributed by atoms with E-state index in [4.69, 9.17) is 28.4 Å². The number of hydrogen-bond donors (Lipinski definition) is 6. The van der Waals surface area contributed by atoms with Crippen molar-refractivity contribution in [3.05, 3.63) is 0 Å². The fraction of sp³-hybridized carbons (Fsp3) is 0.778. The minimum Gasteiger partial charge on any atom is -0.451 e. The number of rotatable bonds is 9. The number of esters is 6. The summed E-state index contributed by atoms with van der Waals surface area (Å²) in [5.41, 5.74) is 0. The second-order valence-electron chi connectivity index (χ2n) is 22.9. The van der Waals surface area contributed by atoms with Crippen molar-refractivity contribution in [2.24, 2.45) is 53.3 Å². The van der Waals surface area contributed by atoms with Gasteiger partial charge in [0.2, 0.25) is 0 Å². The minimum atomic E-state index is -1.55. The average molecular weight is 1110 g/mol. The fourth-order valence-electron chi connectivity index (χ4n) is 7.48. The molecule has 0 aromatic rings. The van der Waals surface area contributed by atoms with Gasteiger partial charge in [-0.1, -0.05) is 125 Å². The molecule has 24 nitrogen and oxygen atoms in total. The molecule has 1 fully saturated rings. The first kappa shape index (κ1) is 69.7. The van der Waals surface area contributed by atoms with E-state index in [0.29, 0.717) is 0 Å². The normalized spacial score (nSPS) is 28.8. The van der Waals surface area contributed by atoms with Gasteiger partial charge < -0.3 is 60.3 Å². The molecule has 6 N–H and O–H groups in total. The number of hydrogen-bond acceptors (Lipinski definition) is 18. The van der Waals surface area contributed by atoms with Crippen molar-refractivity contribution >= 4 is 71.3 Å². The summed E-state index contributed by atoms with van der Waals surface area (Å²) in [6.45, 7) is 32.1. The van der Waals surface area contributed by atoms with Gasteiger partial charge in [-0.25, -0.2) is 28.8 Å². The average Bonchev–Trinajstić information content (AvgIpc) is 3.31. The first-order valence-corrected chi connectivity index (χ1v) is 26.9. The van der Waals surface area contributed by atoms with Gasteiger partial charge in [0.25, 0.3) is 35.4 Å². The molecule has 1 saturated heterocycles. The smallest absolute Gasteiger partial charge is 0.329 e. The maximum absolute atomic E-state index is 13.9. The highest BCUT2D eigenvalue weighted by atomic mass is 16.6. The molecule has 1 aliphatic rings. The lowest BCUT2D eigenvalue weighted by Gasteiger charge is -2.30. The molecule has 1 heterocycles. The molecule has 444 valence electrons. The number of cyclic esters (lactones) is 6. The highest BCUT2D eigenvalue weighted by Crippen LogP contribution is 2.19.